The van der Waals surface area contributed by atoms with Gasteiger partial charge in [-0.1, -0.05) is 61.5 Å². The molecule has 1 heterocycles. The van der Waals surface area contributed by atoms with Gasteiger partial charge in [0.2, 0.25) is 11.8 Å². The van der Waals surface area contributed by atoms with Crippen molar-refractivity contribution in [1.29, 1.82) is 0 Å². The van der Waals surface area contributed by atoms with E-state index >= 15 is 0 Å². The molecular formula is C26H28N2O2. The zero-order valence-electron chi connectivity index (χ0n) is 17.4. The summed E-state index contributed by atoms with van der Waals surface area (Å²) < 4.78 is 0. The van der Waals surface area contributed by atoms with Crippen LogP contribution >= 0.6 is 0 Å². The minimum absolute atomic E-state index is 0.00548. The first kappa shape index (κ1) is 20.1. The number of aryl methyl sites for hydroxylation is 1. The fourth-order valence-electron chi connectivity index (χ4n) is 4.25. The van der Waals surface area contributed by atoms with Gasteiger partial charge in [0, 0.05) is 18.8 Å². The fraction of sp³-hybridized carbons (Fsp3) is 0.308. The van der Waals surface area contributed by atoms with Crippen LogP contribution in [0.25, 0.3) is 10.8 Å². The lowest BCUT2D eigenvalue weighted by atomic mass is 9.95. The SMILES string of the molecule is CCc1cccc(NC(=O)[C@H]2CCCN(C(=O)Cc3cccc4ccccc34)C2)c1. The molecule has 1 N–H and O–H groups in total. The Bertz CT molecular complexity index is 1050. The van der Waals surface area contributed by atoms with Gasteiger partial charge in [0.15, 0.2) is 0 Å². The molecule has 3 aromatic rings. The van der Waals surface area contributed by atoms with E-state index in [1.165, 1.54) is 5.56 Å². The maximum atomic E-state index is 13.0. The first-order valence-corrected chi connectivity index (χ1v) is 10.8. The van der Waals surface area contributed by atoms with Crippen LogP contribution in [0.3, 0.4) is 0 Å². The Morgan fingerprint density at radius 1 is 1.03 bits per heavy atom. The normalized spacial score (nSPS) is 16.4. The number of carbonyl (C=O) groups is 2. The molecule has 0 aliphatic carbocycles. The molecule has 154 valence electrons. The van der Waals surface area contributed by atoms with Crippen LogP contribution in [0.5, 0.6) is 0 Å². The van der Waals surface area contributed by atoms with E-state index in [-0.39, 0.29) is 17.7 Å². The van der Waals surface area contributed by atoms with Crippen LogP contribution in [0.2, 0.25) is 0 Å². The number of nitrogens with zero attached hydrogens (tertiary/aromatic N) is 1. The number of rotatable bonds is 5. The van der Waals surface area contributed by atoms with Crippen LogP contribution in [0.1, 0.15) is 30.9 Å². The molecule has 1 aliphatic heterocycles. The van der Waals surface area contributed by atoms with Gasteiger partial charge in [0.25, 0.3) is 0 Å². The second-order valence-electron chi connectivity index (χ2n) is 8.04. The summed E-state index contributed by atoms with van der Waals surface area (Å²) in [5.74, 6) is -0.0664. The van der Waals surface area contributed by atoms with Crippen LogP contribution in [0, 0.1) is 5.92 Å². The fourth-order valence-corrected chi connectivity index (χ4v) is 4.25. The molecule has 4 nitrogen and oxygen atoms in total. The van der Waals surface area contributed by atoms with Gasteiger partial charge in [-0.05, 0) is 53.3 Å². The highest BCUT2D eigenvalue weighted by molar-refractivity contribution is 5.94. The predicted molar refractivity (Wildman–Crippen MR) is 121 cm³/mol. The molecule has 4 heteroatoms. The highest BCUT2D eigenvalue weighted by atomic mass is 16.2. The number of likely N-dealkylation sites (tertiary alicyclic amines) is 1. The van der Waals surface area contributed by atoms with E-state index in [4.69, 9.17) is 0 Å². The van der Waals surface area contributed by atoms with E-state index in [9.17, 15) is 9.59 Å². The van der Waals surface area contributed by atoms with Crippen molar-refractivity contribution in [1.82, 2.24) is 4.90 Å². The second kappa shape index (κ2) is 9.12. The molecule has 3 aromatic carbocycles. The van der Waals surface area contributed by atoms with Gasteiger partial charge >= 0.3 is 0 Å². The van der Waals surface area contributed by atoms with E-state index in [1.54, 1.807) is 0 Å². The number of hydrogen-bond donors (Lipinski definition) is 1. The van der Waals surface area contributed by atoms with Crippen LogP contribution in [-0.4, -0.2) is 29.8 Å². The van der Waals surface area contributed by atoms with Crippen LogP contribution in [0.15, 0.2) is 66.7 Å². The monoisotopic (exact) mass is 400 g/mol. The van der Waals surface area contributed by atoms with Gasteiger partial charge in [0.05, 0.1) is 12.3 Å². The number of benzene rings is 3. The zero-order valence-corrected chi connectivity index (χ0v) is 17.4. The molecule has 1 fully saturated rings. The third kappa shape index (κ3) is 4.54. The van der Waals surface area contributed by atoms with E-state index in [2.05, 4.69) is 36.5 Å². The quantitative estimate of drug-likeness (QED) is 0.667. The molecule has 0 saturated carbocycles. The van der Waals surface area contributed by atoms with E-state index in [0.717, 1.165) is 47.8 Å². The average molecular weight is 401 g/mol. The van der Waals surface area contributed by atoms with Crippen LogP contribution in [0.4, 0.5) is 5.69 Å². The molecule has 1 atom stereocenters. The minimum atomic E-state index is -0.166. The molecule has 0 spiro atoms. The maximum absolute atomic E-state index is 13.0. The van der Waals surface area contributed by atoms with Crippen molar-refractivity contribution in [3.05, 3.63) is 77.9 Å². The predicted octanol–water partition coefficient (Wildman–Crippen LogP) is 4.82. The Labute approximate surface area is 177 Å². The third-order valence-corrected chi connectivity index (χ3v) is 5.97. The van der Waals surface area contributed by atoms with Crippen LogP contribution < -0.4 is 5.32 Å². The minimum Gasteiger partial charge on any atom is -0.342 e. The van der Waals surface area contributed by atoms with Gasteiger partial charge in [-0.2, -0.15) is 0 Å². The van der Waals surface area contributed by atoms with E-state index in [0.29, 0.717) is 13.0 Å². The van der Waals surface area contributed by atoms with Gasteiger partial charge in [-0.3, -0.25) is 9.59 Å². The zero-order chi connectivity index (χ0) is 20.9. The van der Waals surface area contributed by atoms with Crippen molar-refractivity contribution in [2.75, 3.05) is 18.4 Å². The lowest BCUT2D eigenvalue weighted by Gasteiger charge is -2.32. The lowest BCUT2D eigenvalue weighted by Crippen LogP contribution is -2.44. The number of carbonyl (C=O) groups excluding carboxylic acids is 2. The molecule has 0 unspecified atom stereocenters. The van der Waals surface area contributed by atoms with Gasteiger partial charge < -0.3 is 10.2 Å². The molecule has 1 aliphatic rings. The van der Waals surface area contributed by atoms with Crippen molar-refractivity contribution in [3.8, 4) is 0 Å². The number of hydrogen-bond acceptors (Lipinski definition) is 2. The summed E-state index contributed by atoms with van der Waals surface area (Å²) in [4.78, 5) is 27.7. The standard InChI is InChI=1S/C26H28N2O2/c1-2-19-8-5-13-23(16-19)27-26(30)22-12-7-15-28(18-22)25(29)17-21-11-6-10-20-9-3-4-14-24(20)21/h3-6,8-11,13-14,16,22H,2,7,12,15,17-18H2,1H3,(H,27,30)/t22-/m0/s1. The summed E-state index contributed by atoms with van der Waals surface area (Å²) in [6, 6.07) is 22.2. The number of piperidine rings is 1. The van der Waals surface area contributed by atoms with Crippen molar-refractivity contribution in [2.24, 2.45) is 5.92 Å². The summed E-state index contributed by atoms with van der Waals surface area (Å²) in [6.45, 7) is 3.31. The molecule has 0 bridgehead atoms. The second-order valence-corrected chi connectivity index (χ2v) is 8.04. The Morgan fingerprint density at radius 3 is 2.70 bits per heavy atom. The highest BCUT2D eigenvalue weighted by Crippen LogP contribution is 2.23. The van der Waals surface area contributed by atoms with Gasteiger partial charge in [-0.25, -0.2) is 0 Å². The third-order valence-electron chi connectivity index (χ3n) is 5.97. The van der Waals surface area contributed by atoms with Gasteiger partial charge in [0.1, 0.15) is 0 Å². The number of anilines is 1. The first-order chi connectivity index (χ1) is 14.6. The average Bonchev–Trinajstić information content (AvgIpc) is 2.79. The van der Waals surface area contributed by atoms with Gasteiger partial charge in [-0.15, -0.1) is 0 Å². The van der Waals surface area contributed by atoms with Crippen molar-refractivity contribution < 1.29 is 9.59 Å². The Morgan fingerprint density at radius 2 is 1.83 bits per heavy atom. The molecule has 30 heavy (non-hydrogen) atoms. The topological polar surface area (TPSA) is 49.4 Å². The smallest absolute Gasteiger partial charge is 0.229 e. The van der Waals surface area contributed by atoms with Crippen molar-refractivity contribution in [2.45, 2.75) is 32.6 Å². The first-order valence-electron chi connectivity index (χ1n) is 10.8. The van der Waals surface area contributed by atoms with Crippen molar-refractivity contribution >= 4 is 28.3 Å². The largest absolute Gasteiger partial charge is 0.342 e. The summed E-state index contributed by atoms with van der Waals surface area (Å²) in [5, 5.41) is 5.31. The molecule has 2 amide bonds. The Hall–Kier alpha value is -3.14. The molecule has 0 radical (unpaired) electrons. The van der Waals surface area contributed by atoms with Crippen molar-refractivity contribution in [3.63, 3.8) is 0 Å². The highest BCUT2D eigenvalue weighted by Gasteiger charge is 2.28. The molecule has 0 aromatic heterocycles. The number of fused-ring (bicyclic) bond motifs is 1. The van der Waals surface area contributed by atoms with E-state index in [1.807, 2.05) is 47.4 Å². The molecular weight excluding hydrogens is 372 g/mol. The summed E-state index contributed by atoms with van der Waals surface area (Å²) in [7, 11) is 0. The summed E-state index contributed by atoms with van der Waals surface area (Å²) in [6.07, 6.45) is 2.98. The van der Waals surface area contributed by atoms with Crippen LogP contribution in [-0.2, 0) is 22.4 Å². The Balaban J connectivity index is 1.41. The number of amides is 2. The lowest BCUT2D eigenvalue weighted by molar-refractivity contribution is -0.133. The number of nitrogens with one attached hydrogen (secondary N) is 1. The summed E-state index contributed by atoms with van der Waals surface area (Å²) >= 11 is 0. The maximum Gasteiger partial charge on any atom is 0.229 e. The molecule has 1 saturated heterocycles. The Kier molecular flexibility index (Phi) is 6.12. The summed E-state index contributed by atoms with van der Waals surface area (Å²) in [5.41, 5.74) is 3.07. The van der Waals surface area contributed by atoms with E-state index < -0.39 is 0 Å². The molecule has 4 rings (SSSR count).